The van der Waals surface area contributed by atoms with Crippen molar-refractivity contribution in [2.75, 3.05) is 0 Å². The molecule has 0 radical (unpaired) electrons. The lowest BCUT2D eigenvalue weighted by molar-refractivity contribution is 1.62. The van der Waals surface area contributed by atoms with Gasteiger partial charge in [0, 0.05) is 10.2 Å². The van der Waals surface area contributed by atoms with Crippen LogP contribution in [0.3, 0.4) is 0 Å². The van der Waals surface area contributed by atoms with Gasteiger partial charge in [-0.1, -0.05) is 32.3 Å². The molecule has 0 fully saturated rings. The smallest absolute Gasteiger partial charge is 0.134 e. The minimum Gasteiger partial charge on any atom is -0.242 e. The van der Waals surface area contributed by atoms with Crippen LogP contribution in [0.4, 0.5) is 0 Å². The number of aliphatic imine (C=N–C) groups is 1. The second-order valence-electron chi connectivity index (χ2n) is 1.09. The van der Waals surface area contributed by atoms with Gasteiger partial charge in [-0.25, -0.2) is 4.99 Å². The highest BCUT2D eigenvalue weighted by Crippen LogP contribution is 2.23. The van der Waals surface area contributed by atoms with E-state index >= 15 is 0 Å². The van der Waals surface area contributed by atoms with E-state index < -0.39 is 0 Å². The van der Waals surface area contributed by atoms with Gasteiger partial charge in [0.15, 0.2) is 0 Å². The van der Waals surface area contributed by atoms with Crippen molar-refractivity contribution in [1.29, 1.82) is 0 Å². The third-order valence-corrected chi connectivity index (χ3v) is 4.25. The molecule has 0 aliphatic carbocycles. The van der Waals surface area contributed by atoms with Crippen molar-refractivity contribution in [3.63, 3.8) is 0 Å². The summed E-state index contributed by atoms with van der Waals surface area (Å²) in [6.45, 7) is 0. The summed E-state index contributed by atoms with van der Waals surface area (Å²) in [5.41, 5.74) is 0. The molecular weight excluding hydrogens is 304 g/mol. The Morgan fingerprint density at radius 1 is 1.75 bits per heavy atom. The van der Waals surface area contributed by atoms with Gasteiger partial charge in [0.2, 0.25) is 0 Å². The van der Waals surface area contributed by atoms with Gasteiger partial charge in [0.05, 0.1) is 2.49 Å². The summed E-state index contributed by atoms with van der Waals surface area (Å²) < 4.78 is 3.14. The van der Waals surface area contributed by atoms with Crippen LogP contribution in [0.2, 0.25) is 0 Å². The molecular formula is C4H2BrClIN. The first-order valence-corrected chi connectivity index (χ1v) is 5.34. The van der Waals surface area contributed by atoms with Gasteiger partial charge in [0.25, 0.3) is 0 Å². The maximum Gasteiger partial charge on any atom is 0.134 e. The van der Waals surface area contributed by atoms with Crippen LogP contribution < -0.4 is 0 Å². The lowest BCUT2D eigenvalue weighted by Gasteiger charge is -1.91. The quantitative estimate of drug-likeness (QED) is 0.610. The summed E-state index contributed by atoms with van der Waals surface area (Å²) in [6.07, 6.45) is 1.76. The van der Waals surface area contributed by atoms with E-state index in [-0.39, 0.29) is 20.7 Å². The highest BCUT2D eigenvalue weighted by atomic mass is 127. The average Bonchev–Trinajstić information content (AvgIpc) is 1.77. The molecule has 0 aromatic rings. The number of hydrogen-bond donors (Lipinski definition) is 0. The molecule has 1 heterocycles. The molecule has 4 heteroatoms. The maximum atomic E-state index is 5.54. The molecule has 1 rings (SSSR count). The van der Waals surface area contributed by atoms with E-state index in [2.05, 4.69) is 20.9 Å². The standard InChI is InChI=1S/C4H2BrClIN/c5-3-2-8-4(6)1-7-3/h1-2H. The van der Waals surface area contributed by atoms with Gasteiger partial charge in [-0.05, 0) is 15.9 Å². The lowest BCUT2D eigenvalue weighted by atomic mass is 10.8. The number of halogens is 3. The Balaban J connectivity index is 2.86. The molecule has 1 nitrogen and oxygen atoms in total. The van der Waals surface area contributed by atoms with Crippen LogP contribution in [0.15, 0.2) is 13.7 Å². The average molecular weight is 306 g/mol. The first-order chi connectivity index (χ1) is 3.79. The van der Waals surface area contributed by atoms with E-state index in [1.54, 1.807) is 6.20 Å². The van der Waals surface area contributed by atoms with Crippen molar-refractivity contribution in [1.82, 2.24) is 0 Å². The van der Waals surface area contributed by atoms with Gasteiger partial charge >= 0.3 is 0 Å². The minimum atomic E-state index is 0.00176. The third kappa shape index (κ3) is 1.95. The molecule has 0 bridgehead atoms. The van der Waals surface area contributed by atoms with E-state index in [4.69, 9.17) is 11.6 Å². The summed E-state index contributed by atoms with van der Waals surface area (Å²) >= 11 is 8.87. The monoisotopic (exact) mass is 305 g/mol. The molecule has 0 unspecified atom stereocenters. The van der Waals surface area contributed by atoms with Gasteiger partial charge < -0.3 is 0 Å². The van der Waals surface area contributed by atoms with Gasteiger partial charge in [-0.2, -0.15) is 0 Å². The molecule has 0 amide bonds. The Morgan fingerprint density at radius 3 is 2.88 bits per heavy atom. The van der Waals surface area contributed by atoms with Crippen LogP contribution in [0.5, 0.6) is 0 Å². The predicted octanol–water partition coefficient (Wildman–Crippen LogP) is 2.60. The van der Waals surface area contributed by atoms with E-state index in [0.717, 1.165) is 0 Å². The fraction of sp³-hybridized carbons (Fsp3) is 0. The summed E-state index contributed by atoms with van der Waals surface area (Å²) in [6, 6.07) is 0. The van der Waals surface area contributed by atoms with E-state index in [1.165, 1.54) is 2.49 Å². The van der Waals surface area contributed by atoms with E-state index in [1.807, 2.05) is 4.01 Å². The molecule has 0 saturated carbocycles. The van der Waals surface area contributed by atoms with Crippen molar-refractivity contribution in [3.8, 4) is 0 Å². The Bertz CT molecular complexity index is 164. The molecule has 0 saturated heterocycles. The number of hydrogen-bond acceptors (Lipinski definition) is 1. The second kappa shape index (κ2) is 3.08. The number of nitrogens with zero attached hydrogens (tertiary/aromatic N) is 1. The van der Waals surface area contributed by atoms with Gasteiger partial charge in [0.1, 0.15) is 5.17 Å². The normalized spacial score (nSPS) is 18.8. The molecule has 0 spiro atoms. The zero-order chi connectivity index (χ0) is 5.98. The van der Waals surface area contributed by atoms with Crippen LogP contribution in [-0.4, -0.2) is 9.18 Å². The first-order valence-electron chi connectivity index (χ1n) is 1.84. The molecule has 0 aromatic carbocycles. The summed E-state index contributed by atoms with van der Waals surface area (Å²) in [5, 5.41) is 0.626. The fourth-order valence-corrected chi connectivity index (χ4v) is 2.29. The summed E-state index contributed by atoms with van der Waals surface area (Å²) in [5.74, 6) is 0. The fourth-order valence-electron chi connectivity index (χ4n) is 0.264. The summed E-state index contributed by atoms with van der Waals surface area (Å²) in [7, 11) is 0. The zero-order valence-corrected chi connectivity index (χ0v) is 8.24. The van der Waals surface area contributed by atoms with E-state index in [0.29, 0.717) is 5.17 Å². The van der Waals surface area contributed by atoms with E-state index in [9.17, 15) is 0 Å². The predicted molar refractivity (Wildman–Crippen MR) is 50.4 cm³/mol. The lowest BCUT2D eigenvalue weighted by Crippen LogP contribution is -1.85. The molecule has 0 N–H and O–H groups in total. The van der Waals surface area contributed by atoms with Gasteiger partial charge in [-0.15, -0.1) is 0 Å². The number of rotatable bonds is 0. The maximum absolute atomic E-state index is 5.54. The van der Waals surface area contributed by atoms with Crippen molar-refractivity contribution in [2.24, 2.45) is 4.99 Å². The molecule has 0 aromatic heterocycles. The van der Waals surface area contributed by atoms with Gasteiger partial charge in [-0.3, -0.25) is 0 Å². The minimum absolute atomic E-state index is 0.00176. The Kier molecular flexibility index (Phi) is 2.65. The van der Waals surface area contributed by atoms with Crippen LogP contribution in [0.1, 0.15) is 0 Å². The third-order valence-electron chi connectivity index (χ3n) is 0.534. The largest absolute Gasteiger partial charge is 0.242 e. The summed E-state index contributed by atoms with van der Waals surface area (Å²) in [4.78, 5) is 3.86. The second-order valence-corrected chi connectivity index (χ2v) is 6.22. The van der Waals surface area contributed by atoms with Crippen LogP contribution in [-0.2, 0) is 0 Å². The highest BCUT2D eigenvalue weighted by Gasteiger charge is 1.92. The molecule has 44 valence electrons. The topological polar surface area (TPSA) is 12.4 Å². The first kappa shape index (κ1) is 6.89. The van der Waals surface area contributed by atoms with Crippen LogP contribution in [0.25, 0.3) is 0 Å². The van der Waals surface area contributed by atoms with Crippen molar-refractivity contribution in [3.05, 3.63) is 8.69 Å². The SMILES string of the molecule is ClC1=NC=C(Br)I=C1. The Morgan fingerprint density at radius 2 is 2.50 bits per heavy atom. The van der Waals surface area contributed by atoms with Crippen LogP contribution >= 0.6 is 48.3 Å². The Labute approximate surface area is 70.7 Å². The molecule has 0 atom stereocenters. The Hall–Kier alpha value is 0.780. The molecule has 8 heavy (non-hydrogen) atoms. The van der Waals surface area contributed by atoms with Crippen molar-refractivity contribution < 1.29 is 0 Å². The zero-order valence-electron chi connectivity index (χ0n) is 3.74. The van der Waals surface area contributed by atoms with Crippen LogP contribution in [0, 0.1) is 0 Å². The van der Waals surface area contributed by atoms with Crippen molar-refractivity contribution >= 4 is 57.4 Å². The molecule has 1 aliphatic rings. The highest BCUT2D eigenvalue weighted by molar-refractivity contribution is 14.2. The van der Waals surface area contributed by atoms with Crippen molar-refractivity contribution in [2.45, 2.75) is 0 Å². The molecule has 1 aliphatic heterocycles.